The number of halogens is 3. The fourth-order valence-electron chi connectivity index (χ4n) is 2.22. The predicted molar refractivity (Wildman–Crippen MR) is 92.0 cm³/mol. The van der Waals surface area contributed by atoms with E-state index in [0.29, 0.717) is 0 Å². The fourth-order valence-corrected chi connectivity index (χ4v) is 2.22. The molecule has 0 spiro atoms. The van der Waals surface area contributed by atoms with Crippen LogP contribution in [0.3, 0.4) is 0 Å². The van der Waals surface area contributed by atoms with Gasteiger partial charge in [0.1, 0.15) is 0 Å². The number of pyridine rings is 1. The lowest BCUT2D eigenvalue weighted by Gasteiger charge is -2.32. The van der Waals surface area contributed by atoms with Gasteiger partial charge in [0.2, 0.25) is 0 Å². The Morgan fingerprint density at radius 1 is 1.00 bits per heavy atom. The highest BCUT2D eigenvalue weighted by atomic mass is 35.5. The molecule has 1 aromatic heterocycles. The minimum absolute atomic E-state index is 0. The predicted octanol–water partition coefficient (Wildman–Crippen LogP) is 3.78. The van der Waals surface area contributed by atoms with Crippen LogP contribution in [-0.2, 0) is 6.54 Å². The Morgan fingerprint density at radius 3 is 2.45 bits per heavy atom. The molecule has 110 valence electrons. The third kappa shape index (κ3) is 4.17. The molecule has 20 heavy (non-hydrogen) atoms. The molecule has 0 fully saturated rings. The molecule has 0 saturated carbocycles. The highest BCUT2D eigenvalue weighted by molar-refractivity contribution is 5.86. The zero-order valence-electron chi connectivity index (χ0n) is 10.9. The van der Waals surface area contributed by atoms with Crippen molar-refractivity contribution in [2.45, 2.75) is 6.54 Å². The second-order valence-electron chi connectivity index (χ2n) is 4.22. The maximum absolute atomic E-state index is 4.05. The summed E-state index contributed by atoms with van der Waals surface area (Å²) in [6.45, 7) is 2.99. The molecule has 0 amide bonds. The smallest absolute Gasteiger partial charge is 0.0605 e. The number of fused-ring (bicyclic) bond motifs is 1. The molecule has 0 unspecified atom stereocenters. The van der Waals surface area contributed by atoms with Gasteiger partial charge in [-0.2, -0.15) is 0 Å². The van der Waals surface area contributed by atoms with Gasteiger partial charge in [-0.05, 0) is 29.8 Å². The number of benzene rings is 1. The van der Waals surface area contributed by atoms with Gasteiger partial charge in [-0.25, -0.2) is 0 Å². The summed E-state index contributed by atoms with van der Waals surface area (Å²) in [5.74, 6) is 0. The number of para-hydroxylation sites is 2. The van der Waals surface area contributed by atoms with Crippen molar-refractivity contribution in [2.24, 2.45) is 0 Å². The summed E-state index contributed by atoms with van der Waals surface area (Å²) in [7, 11) is 0. The first-order valence-corrected chi connectivity index (χ1v) is 5.90. The van der Waals surface area contributed by atoms with Crippen LogP contribution < -0.4 is 10.2 Å². The van der Waals surface area contributed by atoms with Crippen LogP contribution in [0.1, 0.15) is 5.56 Å². The van der Waals surface area contributed by atoms with Crippen LogP contribution in [-0.4, -0.2) is 18.1 Å². The summed E-state index contributed by atoms with van der Waals surface area (Å²) < 4.78 is 0. The van der Waals surface area contributed by atoms with Gasteiger partial charge in [0.25, 0.3) is 0 Å². The van der Waals surface area contributed by atoms with E-state index in [1.165, 1.54) is 16.9 Å². The van der Waals surface area contributed by atoms with E-state index in [1.54, 1.807) is 0 Å². The summed E-state index contributed by atoms with van der Waals surface area (Å²) in [6.07, 6.45) is 3.70. The third-order valence-corrected chi connectivity index (χ3v) is 3.06. The van der Waals surface area contributed by atoms with Crippen LogP contribution in [0, 0.1) is 0 Å². The number of hydrogen-bond donors (Lipinski definition) is 1. The van der Waals surface area contributed by atoms with Crippen LogP contribution in [0.25, 0.3) is 0 Å². The maximum Gasteiger partial charge on any atom is 0.0605 e. The van der Waals surface area contributed by atoms with E-state index in [1.807, 2.05) is 12.4 Å². The normalized spacial score (nSPS) is 11.9. The van der Waals surface area contributed by atoms with E-state index in [2.05, 4.69) is 51.6 Å². The molecule has 1 N–H and O–H groups in total. The zero-order valence-corrected chi connectivity index (χ0v) is 13.3. The molecule has 0 radical (unpaired) electrons. The molecule has 1 aliphatic heterocycles. The Bertz CT molecular complexity index is 508. The van der Waals surface area contributed by atoms with Gasteiger partial charge in [0, 0.05) is 32.0 Å². The number of nitrogens with zero attached hydrogens (tertiary/aromatic N) is 2. The van der Waals surface area contributed by atoms with Crippen LogP contribution >= 0.6 is 37.2 Å². The molecule has 1 aliphatic rings. The van der Waals surface area contributed by atoms with Gasteiger partial charge < -0.3 is 10.2 Å². The van der Waals surface area contributed by atoms with Crippen molar-refractivity contribution in [3.05, 3.63) is 54.4 Å². The highest BCUT2D eigenvalue weighted by Crippen LogP contribution is 2.29. The van der Waals surface area contributed by atoms with Gasteiger partial charge >= 0.3 is 0 Å². The van der Waals surface area contributed by atoms with Crippen molar-refractivity contribution in [3.63, 3.8) is 0 Å². The second kappa shape index (κ2) is 8.90. The Hall–Kier alpha value is -1.16. The van der Waals surface area contributed by atoms with Crippen molar-refractivity contribution in [3.8, 4) is 0 Å². The van der Waals surface area contributed by atoms with E-state index >= 15 is 0 Å². The summed E-state index contributed by atoms with van der Waals surface area (Å²) >= 11 is 0. The van der Waals surface area contributed by atoms with Crippen molar-refractivity contribution in [1.82, 2.24) is 4.98 Å². The van der Waals surface area contributed by atoms with Crippen LogP contribution in [0.4, 0.5) is 11.4 Å². The number of aromatic nitrogens is 1. The van der Waals surface area contributed by atoms with E-state index in [-0.39, 0.29) is 37.2 Å². The standard InChI is InChI=1S/C14H15N3.3ClH/c1-2-4-14-13(3-1)16-9-10-17(14)11-12-5-7-15-8-6-12;;;/h1-8,16H,9-11H2;3*1H. The summed E-state index contributed by atoms with van der Waals surface area (Å²) in [4.78, 5) is 6.46. The lowest BCUT2D eigenvalue weighted by molar-refractivity contribution is 0.786. The fraction of sp³-hybridized carbons (Fsp3) is 0.214. The SMILES string of the molecule is Cl.Cl.Cl.c1ccc2c(c1)NCCN2Cc1ccncc1. The topological polar surface area (TPSA) is 28.2 Å². The lowest BCUT2D eigenvalue weighted by atomic mass is 10.1. The molecule has 0 aliphatic carbocycles. The zero-order chi connectivity index (χ0) is 11.5. The second-order valence-corrected chi connectivity index (χ2v) is 4.22. The molecular weight excluding hydrogens is 317 g/mol. The van der Waals surface area contributed by atoms with E-state index < -0.39 is 0 Å². The van der Waals surface area contributed by atoms with Gasteiger partial charge in [-0.1, -0.05) is 12.1 Å². The van der Waals surface area contributed by atoms with E-state index in [4.69, 9.17) is 0 Å². The molecule has 3 rings (SSSR count). The van der Waals surface area contributed by atoms with Gasteiger partial charge in [0.15, 0.2) is 0 Å². The monoisotopic (exact) mass is 333 g/mol. The molecule has 3 nitrogen and oxygen atoms in total. The molecular formula is C14H18Cl3N3. The first kappa shape index (κ1) is 18.8. The molecule has 0 bridgehead atoms. The van der Waals surface area contributed by atoms with Gasteiger partial charge in [-0.3, -0.25) is 4.98 Å². The van der Waals surface area contributed by atoms with Crippen molar-refractivity contribution < 1.29 is 0 Å². The Kier molecular flexibility index (Phi) is 8.39. The number of anilines is 2. The summed E-state index contributed by atoms with van der Waals surface area (Å²) in [6, 6.07) is 12.6. The van der Waals surface area contributed by atoms with E-state index in [9.17, 15) is 0 Å². The average molecular weight is 335 g/mol. The van der Waals surface area contributed by atoms with Crippen molar-refractivity contribution >= 4 is 48.6 Å². The largest absolute Gasteiger partial charge is 0.382 e. The minimum atomic E-state index is 0. The van der Waals surface area contributed by atoms with Gasteiger partial charge in [-0.15, -0.1) is 37.2 Å². The van der Waals surface area contributed by atoms with E-state index in [0.717, 1.165) is 19.6 Å². The minimum Gasteiger partial charge on any atom is -0.382 e. The Balaban J connectivity index is 0.00000120. The number of nitrogens with one attached hydrogen (secondary N) is 1. The van der Waals surface area contributed by atoms with Crippen LogP contribution in [0.2, 0.25) is 0 Å². The number of hydrogen-bond acceptors (Lipinski definition) is 3. The molecule has 2 heterocycles. The third-order valence-electron chi connectivity index (χ3n) is 3.06. The summed E-state index contributed by atoms with van der Waals surface area (Å²) in [5.41, 5.74) is 3.82. The van der Waals surface area contributed by atoms with Crippen LogP contribution in [0.15, 0.2) is 48.8 Å². The highest BCUT2D eigenvalue weighted by Gasteiger charge is 2.15. The molecule has 0 saturated heterocycles. The quantitative estimate of drug-likeness (QED) is 0.906. The molecule has 2 aromatic rings. The maximum atomic E-state index is 4.05. The lowest BCUT2D eigenvalue weighted by Crippen LogP contribution is -2.33. The van der Waals surface area contributed by atoms with Gasteiger partial charge in [0.05, 0.1) is 11.4 Å². The van der Waals surface area contributed by atoms with Crippen molar-refractivity contribution in [1.29, 1.82) is 0 Å². The first-order valence-electron chi connectivity index (χ1n) is 5.90. The molecule has 0 atom stereocenters. The first-order chi connectivity index (χ1) is 8.43. The Morgan fingerprint density at radius 2 is 1.70 bits per heavy atom. The molecule has 6 heteroatoms. The Labute approximate surface area is 138 Å². The summed E-state index contributed by atoms with van der Waals surface area (Å²) in [5, 5.41) is 3.42. The molecule has 1 aromatic carbocycles. The average Bonchev–Trinajstić information content (AvgIpc) is 2.40. The number of rotatable bonds is 2. The van der Waals surface area contributed by atoms with Crippen molar-refractivity contribution in [2.75, 3.05) is 23.3 Å². The van der Waals surface area contributed by atoms with Crippen LogP contribution in [0.5, 0.6) is 0 Å².